The average molecular weight is 212 g/mol. The Hall–Kier alpha value is -0.670. The molecule has 0 aromatic rings. The molecule has 0 amide bonds. The molecule has 1 unspecified atom stereocenters. The van der Waals surface area contributed by atoms with Gasteiger partial charge in [0.05, 0.1) is 6.04 Å². The van der Waals surface area contributed by atoms with Crippen LogP contribution in [0.3, 0.4) is 0 Å². The van der Waals surface area contributed by atoms with E-state index in [1.54, 1.807) is 6.08 Å². The summed E-state index contributed by atoms with van der Waals surface area (Å²) in [5, 5.41) is 3.13. The van der Waals surface area contributed by atoms with Gasteiger partial charge in [-0.15, -0.1) is 0 Å². The lowest BCUT2D eigenvalue weighted by atomic mass is 9.95. The van der Waals surface area contributed by atoms with Gasteiger partial charge >= 0.3 is 0 Å². The summed E-state index contributed by atoms with van der Waals surface area (Å²) in [4.78, 5) is 0. The van der Waals surface area contributed by atoms with Crippen molar-refractivity contribution in [3.63, 3.8) is 0 Å². The summed E-state index contributed by atoms with van der Waals surface area (Å²) >= 11 is 0. The van der Waals surface area contributed by atoms with Crippen molar-refractivity contribution in [3.05, 3.63) is 23.6 Å². The minimum atomic E-state index is -0.153. The minimum absolute atomic E-state index is 0.0656. The van der Waals surface area contributed by atoms with Crippen LogP contribution in [0.5, 0.6) is 0 Å². The number of hydrogen-bond acceptors (Lipinski definition) is 2. The Morgan fingerprint density at radius 2 is 2.27 bits per heavy atom. The van der Waals surface area contributed by atoms with Crippen LogP contribution in [0, 0.1) is 5.92 Å². The van der Waals surface area contributed by atoms with Gasteiger partial charge < -0.3 is 11.1 Å². The van der Waals surface area contributed by atoms with Gasteiger partial charge in [0.15, 0.2) is 0 Å². The van der Waals surface area contributed by atoms with Gasteiger partial charge in [0.2, 0.25) is 0 Å². The van der Waals surface area contributed by atoms with Crippen molar-refractivity contribution in [3.8, 4) is 0 Å². The highest BCUT2D eigenvalue weighted by molar-refractivity contribution is 5.23. The molecular formula is C12H21FN2. The van der Waals surface area contributed by atoms with Crippen LogP contribution in [0.1, 0.15) is 26.7 Å². The third kappa shape index (κ3) is 4.14. The molecule has 3 N–H and O–H groups in total. The molecule has 2 nitrogen and oxygen atoms in total. The van der Waals surface area contributed by atoms with E-state index in [-0.39, 0.29) is 11.9 Å². The van der Waals surface area contributed by atoms with Crippen LogP contribution in [0.4, 0.5) is 4.39 Å². The van der Waals surface area contributed by atoms with E-state index < -0.39 is 0 Å². The Balaban J connectivity index is 2.68. The molecule has 0 radical (unpaired) electrons. The molecule has 1 aliphatic carbocycles. The first kappa shape index (κ1) is 12.4. The Kier molecular flexibility index (Phi) is 4.99. The second kappa shape index (κ2) is 6.03. The monoisotopic (exact) mass is 212 g/mol. The maximum atomic E-state index is 13.7. The zero-order chi connectivity index (χ0) is 11.3. The van der Waals surface area contributed by atoms with Crippen LogP contribution in [0.2, 0.25) is 0 Å². The molecule has 86 valence electrons. The van der Waals surface area contributed by atoms with Crippen molar-refractivity contribution in [2.24, 2.45) is 11.7 Å². The van der Waals surface area contributed by atoms with Crippen molar-refractivity contribution in [1.29, 1.82) is 0 Å². The standard InChI is InChI=1S/C12H21FN2/c1-9-3-4-12(15-6-5-14)11(13)8-10(2)7-9/h7-9,12,15H,3-6,14H2,1-2H3/b10-7-,11-8+/t9-,12?/m1/s1. The van der Waals surface area contributed by atoms with Gasteiger partial charge in [0.1, 0.15) is 5.83 Å². The smallest absolute Gasteiger partial charge is 0.117 e. The quantitative estimate of drug-likeness (QED) is 0.752. The van der Waals surface area contributed by atoms with Crippen LogP contribution in [-0.4, -0.2) is 19.1 Å². The molecule has 1 aliphatic rings. The van der Waals surface area contributed by atoms with Crippen molar-refractivity contribution >= 4 is 0 Å². The lowest BCUT2D eigenvalue weighted by Crippen LogP contribution is -2.34. The molecule has 0 heterocycles. The molecule has 0 aliphatic heterocycles. The highest BCUT2D eigenvalue weighted by Gasteiger charge is 2.16. The van der Waals surface area contributed by atoms with E-state index in [9.17, 15) is 4.39 Å². The number of nitrogens with one attached hydrogen (secondary N) is 1. The number of allylic oxidation sites excluding steroid dienone is 3. The van der Waals surface area contributed by atoms with Gasteiger partial charge in [-0.3, -0.25) is 0 Å². The van der Waals surface area contributed by atoms with E-state index in [4.69, 9.17) is 5.73 Å². The number of rotatable bonds is 3. The molecule has 0 aromatic heterocycles. The lowest BCUT2D eigenvalue weighted by molar-refractivity contribution is 0.417. The van der Waals surface area contributed by atoms with E-state index in [0.717, 1.165) is 18.4 Å². The number of halogens is 1. The van der Waals surface area contributed by atoms with Crippen molar-refractivity contribution in [2.45, 2.75) is 32.7 Å². The Morgan fingerprint density at radius 3 is 2.93 bits per heavy atom. The Labute approximate surface area is 91.4 Å². The van der Waals surface area contributed by atoms with E-state index in [0.29, 0.717) is 19.0 Å². The maximum absolute atomic E-state index is 13.7. The summed E-state index contributed by atoms with van der Waals surface area (Å²) < 4.78 is 13.7. The lowest BCUT2D eigenvalue weighted by Gasteiger charge is -2.20. The Bertz CT molecular complexity index is 258. The average Bonchev–Trinajstić information content (AvgIpc) is 2.15. The van der Waals surface area contributed by atoms with Gasteiger partial charge in [-0.1, -0.05) is 18.6 Å². The van der Waals surface area contributed by atoms with E-state index in [1.807, 2.05) is 6.92 Å². The molecule has 0 saturated heterocycles. The summed E-state index contributed by atoms with van der Waals surface area (Å²) in [6, 6.07) is -0.153. The zero-order valence-electron chi connectivity index (χ0n) is 9.59. The van der Waals surface area contributed by atoms with Gasteiger partial charge in [0, 0.05) is 13.1 Å². The maximum Gasteiger partial charge on any atom is 0.117 e. The van der Waals surface area contributed by atoms with Gasteiger partial charge in [-0.25, -0.2) is 4.39 Å². The third-order valence-corrected chi connectivity index (χ3v) is 2.69. The van der Waals surface area contributed by atoms with Crippen LogP contribution < -0.4 is 11.1 Å². The molecule has 15 heavy (non-hydrogen) atoms. The molecule has 0 bridgehead atoms. The Morgan fingerprint density at radius 1 is 1.53 bits per heavy atom. The summed E-state index contributed by atoms with van der Waals surface area (Å²) in [7, 11) is 0. The topological polar surface area (TPSA) is 38.0 Å². The van der Waals surface area contributed by atoms with Crippen molar-refractivity contribution in [1.82, 2.24) is 5.32 Å². The van der Waals surface area contributed by atoms with Crippen LogP contribution in [-0.2, 0) is 0 Å². The summed E-state index contributed by atoms with van der Waals surface area (Å²) in [5.74, 6) is 0.459. The predicted octanol–water partition coefficient (Wildman–Crippen LogP) is 2.13. The molecule has 2 atom stereocenters. The third-order valence-electron chi connectivity index (χ3n) is 2.69. The fourth-order valence-electron chi connectivity index (χ4n) is 1.92. The molecule has 0 aromatic carbocycles. The fourth-order valence-corrected chi connectivity index (χ4v) is 1.92. The largest absolute Gasteiger partial charge is 0.329 e. The second-order valence-electron chi connectivity index (χ2n) is 4.29. The number of nitrogens with two attached hydrogens (primary N) is 1. The summed E-state index contributed by atoms with van der Waals surface area (Å²) in [6.07, 6.45) is 5.61. The molecule has 0 saturated carbocycles. The zero-order valence-corrected chi connectivity index (χ0v) is 9.59. The van der Waals surface area contributed by atoms with E-state index >= 15 is 0 Å². The van der Waals surface area contributed by atoms with Crippen LogP contribution >= 0.6 is 0 Å². The van der Waals surface area contributed by atoms with Crippen LogP contribution in [0.25, 0.3) is 0 Å². The molecule has 1 rings (SSSR count). The summed E-state index contributed by atoms with van der Waals surface area (Å²) in [6.45, 7) is 5.33. The molecule has 3 heteroatoms. The second-order valence-corrected chi connectivity index (χ2v) is 4.29. The van der Waals surface area contributed by atoms with Gasteiger partial charge in [-0.05, 0) is 31.8 Å². The van der Waals surface area contributed by atoms with Crippen molar-refractivity contribution < 1.29 is 4.39 Å². The minimum Gasteiger partial charge on any atom is -0.329 e. The first-order chi connectivity index (χ1) is 7.13. The SMILES string of the molecule is CC1=C/[C@H](C)CCC(NCCN)/C(F)=C\1. The van der Waals surface area contributed by atoms with E-state index in [1.165, 1.54) is 0 Å². The molecular weight excluding hydrogens is 191 g/mol. The van der Waals surface area contributed by atoms with Crippen LogP contribution in [0.15, 0.2) is 23.6 Å². The van der Waals surface area contributed by atoms with E-state index in [2.05, 4.69) is 18.3 Å². The van der Waals surface area contributed by atoms with Gasteiger partial charge in [-0.2, -0.15) is 0 Å². The highest BCUT2D eigenvalue weighted by atomic mass is 19.1. The predicted molar refractivity (Wildman–Crippen MR) is 62.2 cm³/mol. The molecule has 0 fully saturated rings. The molecule has 0 spiro atoms. The first-order valence-electron chi connectivity index (χ1n) is 5.62. The normalized spacial score (nSPS) is 34.7. The fraction of sp³-hybridized carbons (Fsp3) is 0.667. The summed E-state index contributed by atoms with van der Waals surface area (Å²) in [5.41, 5.74) is 6.41. The highest BCUT2D eigenvalue weighted by Crippen LogP contribution is 2.21. The first-order valence-corrected chi connectivity index (χ1v) is 5.62. The van der Waals surface area contributed by atoms with Crippen molar-refractivity contribution in [2.75, 3.05) is 13.1 Å². The van der Waals surface area contributed by atoms with Gasteiger partial charge in [0.25, 0.3) is 0 Å². The number of hydrogen-bond donors (Lipinski definition) is 2.